The van der Waals surface area contributed by atoms with Gasteiger partial charge < -0.3 is 15.7 Å². The van der Waals surface area contributed by atoms with Crippen LogP contribution in [-0.4, -0.2) is 35.2 Å². The van der Waals surface area contributed by atoms with Gasteiger partial charge in [-0.3, -0.25) is 0 Å². The van der Waals surface area contributed by atoms with Crippen molar-refractivity contribution in [2.45, 2.75) is 19.4 Å². The summed E-state index contributed by atoms with van der Waals surface area (Å²) < 4.78 is 0.783. The molecule has 0 bridgehead atoms. The molecule has 0 aliphatic carbocycles. The van der Waals surface area contributed by atoms with Crippen LogP contribution in [0.15, 0.2) is 22.7 Å². The van der Waals surface area contributed by atoms with E-state index < -0.39 is 18.0 Å². The van der Waals surface area contributed by atoms with Crippen LogP contribution in [0.25, 0.3) is 0 Å². The van der Waals surface area contributed by atoms with Gasteiger partial charge in [0.05, 0.1) is 5.69 Å². The fourth-order valence-electron chi connectivity index (χ4n) is 1.55. The second-order valence-corrected chi connectivity index (χ2v) is 5.99. The second-order valence-electron chi connectivity index (χ2n) is 4.21. The zero-order chi connectivity index (χ0) is 15.1. The van der Waals surface area contributed by atoms with Crippen LogP contribution in [0.4, 0.5) is 10.5 Å². The first-order valence-corrected chi connectivity index (χ1v) is 8.18. The molecule has 0 heterocycles. The van der Waals surface area contributed by atoms with Crippen LogP contribution >= 0.6 is 27.7 Å². The number of benzene rings is 1. The molecule has 0 saturated heterocycles. The van der Waals surface area contributed by atoms with Crippen molar-refractivity contribution in [2.24, 2.45) is 0 Å². The maximum atomic E-state index is 11.8. The van der Waals surface area contributed by atoms with Crippen molar-refractivity contribution >= 4 is 45.4 Å². The van der Waals surface area contributed by atoms with Gasteiger partial charge >= 0.3 is 12.0 Å². The zero-order valence-corrected chi connectivity index (χ0v) is 13.7. The summed E-state index contributed by atoms with van der Waals surface area (Å²) in [5, 5.41) is 14.2. The van der Waals surface area contributed by atoms with Gasteiger partial charge in [-0.15, -0.1) is 0 Å². The number of carboxylic acid groups (broad SMARTS) is 1. The Morgan fingerprint density at radius 1 is 1.45 bits per heavy atom. The van der Waals surface area contributed by atoms with Crippen molar-refractivity contribution < 1.29 is 14.7 Å². The van der Waals surface area contributed by atoms with Crippen LogP contribution in [0, 0.1) is 6.92 Å². The van der Waals surface area contributed by atoms with Crippen molar-refractivity contribution in [2.75, 3.05) is 17.3 Å². The first-order chi connectivity index (χ1) is 9.45. The minimum atomic E-state index is -1.03. The number of urea groups is 1. The first-order valence-electron chi connectivity index (χ1n) is 6.00. The predicted octanol–water partition coefficient (Wildman–Crippen LogP) is 3.09. The predicted molar refractivity (Wildman–Crippen MR) is 85.5 cm³/mol. The SMILES string of the molecule is CSCCC(NC(=O)Nc1cccc(C)c1Br)C(=O)O. The maximum Gasteiger partial charge on any atom is 0.326 e. The number of aryl methyl sites for hydroxylation is 1. The average Bonchev–Trinajstić information content (AvgIpc) is 2.39. The van der Waals surface area contributed by atoms with E-state index in [0.717, 1.165) is 10.0 Å². The standard InChI is InChI=1S/C13H17BrN2O3S/c1-8-4-3-5-9(11(8)14)15-13(19)16-10(12(17)18)6-7-20-2/h3-5,10H,6-7H2,1-2H3,(H,17,18)(H2,15,16,19). The molecule has 1 aromatic rings. The summed E-state index contributed by atoms with van der Waals surface area (Å²) >= 11 is 4.92. The molecule has 7 heteroatoms. The Morgan fingerprint density at radius 3 is 2.75 bits per heavy atom. The first kappa shape index (κ1) is 16.8. The normalized spacial score (nSPS) is 11.8. The van der Waals surface area contributed by atoms with Gasteiger partial charge in [0.15, 0.2) is 0 Å². The number of aliphatic carboxylic acids is 1. The lowest BCUT2D eigenvalue weighted by Gasteiger charge is -2.15. The van der Waals surface area contributed by atoms with E-state index in [0.29, 0.717) is 17.9 Å². The van der Waals surface area contributed by atoms with Crippen LogP contribution in [0.1, 0.15) is 12.0 Å². The number of hydrogen-bond donors (Lipinski definition) is 3. The molecule has 1 rings (SSSR count). The smallest absolute Gasteiger partial charge is 0.326 e. The Morgan fingerprint density at radius 2 is 2.15 bits per heavy atom. The number of nitrogens with one attached hydrogen (secondary N) is 2. The molecule has 1 atom stereocenters. The molecule has 0 spiro atoms. The molecule has 0 aliphatic rings. The molecule has 110 valence electrons. The molecule has 0 fully saturated rings. The molecule has 1 aromatic carbocycles. The molecule has 1 unspecified atom stereocenters. The Hall–Kier alpha value is -1.21. The fraction of sp³-hybridized carbons (Fsp3) is 0.385. The average molecular weight is 361 g/mol. The number of thioether (sulfide) groups is 1. The lowest BCUT2D eigenvalue weighted by Crippen LogP contribution is -2.43. The van der Waals surface area contributed by atoms with Gasteiger partial charge in [0.2, 0.25) is 0 Å². The number of hydrogen-bond acceptors (Lipinski definition) is 3. The van der Waals surface area contributed by atoms with Crippen molar-refractivity contribution in [1.82, 2.24) is 5.32 Å². The minimum Gasteiger partial charge on any atom is -0.480 e. The van der Waals surface area contributed by atoms with E-state index in [1.807, 2.05) is 25.3 Å². The number of halogens is 1. The van der Waals surface area contributed by atoms with Crippen LogP contribution in [0.2, 0.25) is 0 Å². The lowest BCUT2D eigenvalue weighted by atomic mass is 10.2. The third-order valence-electron chi connectivity index (χ3n) is 2.65. The van der Waals surface area contributed by atoms with Crippen LogP contribution in [-0.2, 0) is 4.79 Å². The summed E-state index contributed by atoms with van der Waals surface area (Å²) in [6, 6.07) is 4.06. The van der Waals surface area contributed by atoms with Gasteiger partial charge in [-0.05, 0) is 52.9 Å². The third-order valence-corrected chi connectivity index (χ3v) is 4.35. The quantitative estimate of drug-likeness (QED) is 0.728. The second kappa shape index (κ2) is 8.16. The Labute approximate surface area is 130 Å². The number of rotatable bonds is 6. The van der Waals surface area contributed by atoms with E-state index in [2.05, 4.69) is 26.6 Å². The van der Waals surface area contributed by atoms with E-state index in [1.54, 1.807) is 17.8 Å². The molecular formula is C13H17BrN2O3S. The minimum absolute atomic E-state index is 0.388. The highest BCUT2D eigenvalue weighted by molar-refractivity contribution is 9.10. The molecule has 0 radical (unpaired) electrons. The van der Waals surface area contributed by atoms with E-state index in [-0.39, 0.29) is 0 Å². The number of carboxylic acids is 1. The summed E-state index contributed by atoms with van der Waals surface area (Å²) in [4.78, 5) is 22.9. The van der Waals surface area contributed by atoms with Crippen molar-refractivity contribution in [3.63, 3.8) is 0 Å². The number of amides is 2. The van der Waals surface area contributed by atoms with Gasteiger partial charge in [-0.2, -0.15) is 11.8 Å². The highest BCUT2D eigenvalue weighted by atomic mass is 79.9. The van der Waals surface area contributed by atoms with Crippen molar-refractivity contribution in [3.8, 4) is 0 Å². The highest BCUT2D eigenvalue weighted by Crippen LogP contribution is 2.25. The summed E-state index contributed by atoms with van der Waals surface area (Å²) in [6.07, 6.45) is 2.28. The van der Waals surface area contributed by atoms with Crippen LogP contribution < -0.4 is 10.6 Å². The molecule has 2 amide bonds. The number of anilines is 1. The third kappa shape index (κ3) is 5.05. The topological polar surface area (TPSA) is 78.4 Å². The number of carbonyl (C=O) groups is 2. The monoisotopic (exact) mass is 360 g/mol. The lowest BCUT2D eigenvalue weighted by molar-refractivity contribution is -0.139. The summed E-state index contributed by atoms with van der Waals surface area (Å²) in [7, 11) is 0. The highest BCUT2D eigenvalue weighted by Gasteiger charge is 2.19. The Kier molecular flexibility index (Phi) is 6.87. The molecule has 5 nitrogen and oxygen atoms in total. The van der Waals surface area contributed by atoms with Crippen molar-refractivity contribution in [3.05, 3.63) is 28.2 Å². The summed E-state index contributed by atoms with van der Waals surface area (Å²) in [5.41, 5.74) is 1.59. The molecule has 20 heavy (non-hydrogen) atoms. The Bertz CT molecular complexity index is 497. The van der Waals surface area contributed by atoms with Crippen molar-refractivity contribution in [1.29, 1.82) is 0 Å². The summed E-state index contributed by atoms with van der Waals surface area (Å²) in [6.45, 7) is 1.91. The molecule has 3 N–H and O–H groups in total. The van der Waals surface area contributed by atoms with E-state index in [1.165, 1.54) is 0 Å². The molecule has 0 aromatic heterocycles. The van der Waals surface area contributed by atoms with Crippen LogP contribution in [0.5, 0.6) is 0 Å². The zero-order valence-electron chi connectivity index (χ0n) is 11.3. The Balaban J connectivity index is 2.66. The van der Waals surface area contributed by atoms with Gasteiger partial charge in [0.1, 0.15) is 6.04 Å². The maximum absolute atomic E-state index is 11.8. The fourth-order valence-corrected chi connectivity index (χ4v) is 2.39. The van der Waals surface area contributed by atoms with Gasteiger partial charge in [0.25, 0.3) is 0 Å². The van der Waals surface area contributed by atoms with E-state index in [9.17, 15) is 9.59 Å². The largest absolute Gasteiger partial charge is 0.480 e. The van der Waals surface area contributed by atoms with E-state index >= 15 is 0 Å². The van der Waals surface area contributed by atoms with Gasteiger partial charge in [-0.1, -0.05) is 12.1 Å². The molecule has 0 aliphatic heterocycles. The van der Waals surface area contributed by atoms with Gasteiger partial charge in [0, 0.05) is 4.47 Å². The van der Waals surface area contributed by atoms with Gasteiger partial charge in [-0.25, -0.2) is 9.59 Å². The molecular weight excluding hydrogens is 344 g/mol. The van der Waals surface area contributed by atoms with Crippen LogP contribution in [0.3, 0.4) is 0 Å². The summed E-state index contributed by atoms with van der Waals surface area (Å²) in [5.74, 6) is -0.358. The molecule has 0 saturated carbocycles. The van der Waals surface area contributed by atoms with E-state index in [4.69, 9.17) is 5.11 Å². The number of carbonyl (C=O) groups excluding carboxylic acids is 1.